The van der Waals surface area contributed by atoms with E-state index < -0.39 is 10.0 Å². The second-order valence-electron chi connectivity index (χ2n) is 4.35. The molecule has 104 valence electrons. The van der Waals surface area contributed by atoms with Gasteiger partial charge < -0.3 is 10.6 Å². The summed E-state index contributed by atoms with van der Waals surface area (Å²) in [5.41, 5.74) is 0. The number of nitrogens with one attached hydrogen (secondary N) is 3. The van der Waals surface area contributed by atoms with Gasteiger partial charge in [0.2, 0.25) is 21.8 Å². The predicted octanol–water partition coefficient (Wildman–Crippen LogP) is -1.43. The fourth-order valence-corrected chi connectivity index (χ4v) is 2.17. The van der Waals surface area contributed by atoms with E-state index in [-0.39, 0.29) is 17.7 Å². The van der Waals surface area contributed by atoms with E-state index in [1.807, 2.05) is 0 Å². The van der Waals surface area contributed by atoms with E-state index in [0.717, 1.165) is 6.26 Å². The molecule has 1 heterocycles. The summed E-state index contributed by atoms with van der Waals surface area (Å²) in [4.78, 5) is 22.6. The molecule has 7 nitrogen and oxygen atoms in total. The fourth-order valence-electron chi connectivity index (χ4n) is 1.66. The Morgan fingerprint density at radius 3 is 2.72 bits per heavy atom. The zero-order chi connectivity index (χ0) is 13.6. The molecular formula is C10H19N3O4S. The maximum Gasteiger partial charge on any atom is 0.224 e. The van der Waals surface area contributed by atoms with Crippen molar-refractivity contribution in [1.82, 2.24) is 15.4 Å². The zero-order valence-corrected chi connectivity index (χ0v) is 11.2. The summed E-state index contributed by atoms with van der Waals surface area (Å²) in [5, 5.41) is 5.37. The Kier molecular flexibility index (Phi) is 5.54. The first-order chi connectivity index (χ1) is 8.38. The maximum absolute atomic E-state index is 11.7. The molecule has 1 fully saturated rings. The van der Waals surface area contributed by atoms with Crippen LogP contribution in [0.15, 0.2) is 0 Å². The summed E-state index contributed by atoms with van der Waals surface area (Å²) in [5.74, 6) is -0.281. The Hall–Kier alpha value is -1.15. The van der Waals surface area contributed by atoms with Crippen LogP contribution in [0.2, 0.25) is 0 Å². The van der Waals surface area contributed by atoms with Crippen molar-refractivity contribution < 1.29 is 18.0 Å². The van der Waals surface area contributed by atoms with E-state index >= 15 is 0 Å². The Morgan fingerprint density at radius 1 is 1.44 bits per heavy atom. The molecule has 1 aliphatic heterocycles. The largest absolute Gasteiger partial charge is 0.356 e. The van der Waals surface area contributed by atoms with Gasteiger partial charge in [0, 0.05) is 26.1 Å². The third-order valence-electron chi connectivity index (χ3n) is 2.65. The summed E-state index contributed by atoms with van der Waals surface area (Å²) in [6.07, 6.45) is 2.58. The molecule has 1 rings (SSSR count). The van der Waals surface area contributed by atoms with E-state index in [4.69, 9.17) is 0 Å². The van der Waals surface area contributed by atoms with Gasteiger partial charge in [-0.25, -0.2) is 13.1 Å². The topological polar surface area (TPSA) is 104 Å². The van der Waals surface area contributed by atoms with E-state index in [1.165, 1.54) is 0 Å². The van der Waals surface area contributed by atoms with Gasteiger partial charge in [-0.2, -0.15) is 0 Å². The van der Waals surface area contributed by atoms with Crippen molar-refractivity contribution >= 4 is 21.8 Å². The summed E-state index contributed by atoms with van der Waals surface area (Å²) in [6, 6.07) is 0. The molecule has 1 unspecified atom stereocenters. The number of rotatable bonds is 6. The number of carbonyl (C=O) groups is 2. The lowest BCUT2D eigenvalue weighted by molar-refractivity contribution is -0.128. The molecule has 0 bridgehead atoms. The van der Waals surface area contributed by atoms with Gasteiger partial charge in [0.25, 0.3) is 0 Å². The molecule has 0 radical (unpaired) electrons. The molecule has 0 aromatic rings. The van der Waals surface area contributed by atoms with Crippen LogP contribution in [0.25, 0.3) is 0 Å². The van der Waals surface area contributed by atoms with Gasteiger partial charge in [0.15, 0.2) is 0 Å². The lowest BCUT2D eigenvalue weighted by Crippen LogP contribution is -2.43. The normalized spacial score (nSPS) is 20.3. The number of hydrogen-bond donors (Lipinski definition) is 3. The average Bonchev–Trinajstić information content (AvgIpc) is 2.27. The molecule has 0 aromatic carbocycles. The first-order valence-corrected chi connectivity index (χ1v) is 7.76. The van der Waals surface area contributed by atoms with E-state index in [0.29, 0.717) is 38.9 Å². The molecule has 2 amide bonds. The highest BCUT2D eigenvalue weighted by Gasteiger charge is 2.23. The van der Waals surface area contributed by atoms with Crippen molar-refractivity contribution in [2.45, 2.75) is 19.3 Å². The summed E-state index contributed by atoms with van der Waals surface area (Å²) < 4.78 is 23.9. The van der Waals surface area contributed by atoms with Crippen molar-refractivity contribution in [3.8, 4) is 0 Å². The highest BCUT2D eigenvalue weighted by Crippen LogP contribution is 2.10. The van der Waals surface area contributed by atoms with Crippen LogP contribution in [0.5, 0.6) is 0 Å². The molecule has 1 atom stereocenters. The van der Waals surface area contributed by atoms with Crippen molar-refractivity contribution in [2.75, 3.05) is 25.9 Å². The lowest BCUT2D eigenvalue weighted by Gasteiger charge is -2.21. The molecule has 0 aliphatic carbocycles. The lowest BCUT2D eigenvalue weighted by atomic mass is 9.98. The molecular weight excluding hydrogens is 258 g/mol. The first-order valence-electron chi connectivity index (χ1n) is 5.87. The number of hydrogen-bond acceptors (Lipinski definition) is 4. The number of sulfonamides is 1. The second-order valence-corrected chi connectivity index (χ2v) is 6.18. The highest BCUT2D eigenvalue weighted by molar-refractivity contribution is 7.88. The Labute approximate surface area is 107 Å². The van der Waals surface area contributed by atoms with Crippen LogP contribution in [-0.2, 0) is 19.6 Å². The van der Waals surface area contributed by atoms with Crippen LogP contribution >= 0.6 is 0 Å². The Morgan fingerprint density at radius 2 is 2.17 bits per heavy atom. The van der Waals surface area contributed by atoms with Gasteiger partial charge >= 0.3 is 0 Å². The summed E-state index contributed by atoms with van der Waals surface area (Å²) >= 11 is 0. The van der Waals surface area contributed by atoms with Crippen LogP contribution in [0, 0.1) is 5.92 Å². The zero-order valence-electron chi connectivity index (χ0n) is 10.4. The monoisotopic (exact) mass is 277 g/mol. The number of piperidine rings is 1. The molecule has 8 heteroatoms. The van der Waals surface area contributed by atoms with Gasteiger partial charge in [-0.3, -0.25) is 9.59 Å². The van der Waals surface area contributed by atoms with Crippen molar-refractivity contribution in [3.05, 3.63) is 0 Å². The maximum atomic E-state index is 11.7. The minimum absolute atomic E-state index is 0.0172. The standard InChI is InChI=1S/C10H19N3O4S/c1-18(16,17)13-6-2-5-11-10(15)8-3-4-9(14)12-7-8/h8,13H,2-7H2,1H3,(H,11,15)(H,12,14). The van der Waals surface area contributed by atoms with Gasteiger partial charge in [0.1, 0.15) is 0 Å². The molecule has 18 heavy (non-hydrogen) atoms. The van der Waals surface area contributed by atoms with E-state index in [2.05, 4.69) is 15.4 Å². The van der Waals surface area contributed by atoms with Gasteiger partial charge in [0.05, 0.1) is 12.2 Å². The summed E-state index contributed by atoms with van der Waals surface area (Å²) in [6.45, 7) is 1.11. The molecule has 0 aromatic heterocycles. The molecule has 0 saturated carbocycles. The van der Waals surface area contributed by atoms with Crippen LogP contribution in [-0.4, -0.2) is 46.1 Å². The van der Waals surface area contributed by atoms with E-state index in [1.54, 1.807) is 0 Å². The first kappa shape index (κ1) is 14.9. The quantitative estimate of drug-likeness (QED) is 0.518. The SMILES string of the molecule is CS(=O)(=O)NCCCNC(=O)C1CCC(=O)NC1. The molecule has 1 aliphatic rings. The molecule has 1 saturated heterocycles. The van der Waals surface area contributed by atoms with Crippen molar-refractivity contribution in [3.63, 3.8) is 0 Å². The van der Waals surface area contributed by atoms with Gasteiger partial charge in [-0.1, -0.05) is 0 Å². The predicted molar refractivity (Wildman–Crippen MR) is 66.2 cm³/mol. The molecule has 3 N–H and O–H groups in total. The Balaban J connectivity index is 2.12. The number of carbonyl (C=O) groups excluding carboxylic acids is 2. The number of amides is 2. The third-order valence-corrected chi connectivity index (χ3v) is 3.38. The summed E-state index contributed by atoms with van der Waals surface area (Å²) in [7, 11) is -3.16. The van der Waals surface area contributed by atoms with Gasteiger partial charge in [-0.05, 0) is 12.8 Å². The van der Waals surface area contributed by atoms with Crippen LogP contribution < -0.4 is 15.4 Å². The third kappa shape index (κ3) is 5.97. The van der Waals surface area contributed by atoms with Crippen LogP contribution in [0.3, 0.4) is 0 Å². The van der Waals surface area contributed by atoms with Crippen LogP contribution in [0.1, 0.15) is 19.3 Å². The van der Waals surface area contributed by atoms with Crippen molar-refractivity contribution in [1.29, 1.82) is 0 Å². The second kappa shape index (κ2) is 6.69. The average molecular weight is 277 g/mol. The fraction of sp³-hybridized carbons (Fsp3) is 0.800. The Bertz CT molecular complexity index is 397. The minimum atomic E-state index is -3.16. The smallest absolute Gasteiger partial charge is 0.224 e. The highest BCUT2D eigenvalue weighted by atomic mass is 32.2. The van der Waals surface area contributed by atoms with Gasteiger partial charge in [-0.15, -0.1) is 0 Å². The minimum Gasteiger partial charge on any atom is -0.356 e. The van der Waals surface area contributed by atoms with Crippen molar-refractivity contribution in [2.24, 2.45) is 5.92 Å². The molecule has 0 spiro atoms. The van der Waals surface area contributed by atoms with E-state index in [9.17, 15) is 18.0 Å². The van der Waals surface area contributed by atoms with Crippen LogP contribution in [0.4, 0.5) is 0 Å².